The molecule has 0 spiro atoms. The lowest BCUT2D eigenvalue weighted by molar-refractivity contribution is -0.118. The summed E-state index contributed by atoms with van der Waals surface area (Å²) in [5, 5.41) is 3.42. The van der Waals surface area contributed by atoms with Crippen molar-refractivity contribution in [2.45, 2.75) is 56.1 Å². The summed E-state index contributed by atoms with van der Waals surface area (Å²) in [6, 6.07) is 10.2. The predicted octanol–water partition coefficient (Wildman–Crippen LogP) is 4.99. The second-order valence-corrected chi connectivity index (χ2v) is 10.1. The summed E-state index contributed by atoms with van der Waals surface area (Å²) in [6.45, 7) is 5.65. The molecule has 2 aromatic carbocycles. The van der Waals surface area contributed by atoms with Crippen LogP contribution in [0, 0.1) is 20.8 Å². The zero-order chi connectivity index (χ0) is 19.8. The van der Waals surface area contributed by atoms with Crippen LogP contribution < -0.4 is 5.32 Å². The number of carbonyl (C=O) groups is 1. The Labute approximate surface area is 165 Å². The lowest BCUT2D eigenvalue weighted by Gasteiger charge is -2.28. The Morgan fingerprint density at radius 1 is 0.963 bits per heavy atom. The van der Waals surface area contributed by atoms with Gasteiger partial charge in [-0.25, -0.2) is 8.42 Å². The molecule has 0 atom stereocenters. The fourth-order valence-corrected chi connectivity index (χ4v) is 6.05. The smallest absolute Gasteiger partial charge is 0.246 e. The van der Waals surface area contributed by atoms with Crippen LogP contribution in [0.25, 0.3) is 0 Å². The Morgan fingerprint density at radius 2 is 1.63 bits per heavy atom. The standard InChI is InChI=1S/C21H24ClNO3S/c1-14-6-8-18(13-15(14)2)27(25,26)21(10-4-5-11-21)20(24)23-19-9-7-17(22)12-16(19)3/h6-9,12-13H,4-5,10-11H2,1-3H3,(H,23,24). The molecule has 1 N–H and O–H groups in total. The number of amides is 1. The van der Waals surface area contributed by atoms with Crippen LogP contribution >= 0.6 is 11.6 Å². The van der Waals surface area contributed by atoms with E-state index in [4.69, 9.17) is 11.6 Å². The van der Waals surface area contributed by atoms with Crippen molar-refractivity contribution in [3.8, 4) is 0 Å². The van der Waals surface area contributed by atoms with Crippen molar-refractivity contribution in [3.05, 3.63) is 58.1 Å². The zero-order valence-corrected chi connectivity index (χ0v) is 17.4. The molecule has 2 aromatic rings. The molecule has 144 valence electrons. The van der Waals surface area contributed by atoms with Gasteiger partial charge in [0.2, 0.25) is 5.91 Å². The highest BCUT2D eigenvalue weighted by atomic mass is 35.5. The molecule has 0 unspecified atom stereocenters. The van der Waals surface area contributed by atoms with Gasteiger partial charge in [0.05, 0.1) is 4.90 Å². The summed E-state index contributed by atoms with van der Waals surface area (Å²) in [7, 11) is -3.82. The van der Waals surface area contributed by atoms with Gasteiger partial charge in [-0.2, -0.15) is 0 Å². The van der Waals surface area contributed by atoms with E-state index < -0.39 is 20.5 Å². The maximum Gasteiger partial charge on any atom is 0.246 e. The van der Waals surface area contributed by atoms with Gasteiger partial charge in [0.1, 0.15) is 0 Å². The lowest BCUT2D eigenvalue weighted by Crippen LogP contribution is -2.47. The summed E-state index contributed by atoms with van der Waals surface area (Å²) in [4.78, 5) is 13.4. The summed E-state index contributed by atoms with van der Waals surface area (Å²) >= 11 is 5.98. The van der Waals surface area contributed by atoms with Gasteiger partial charge in [0.15, 0.2) is 14.6 Å². The number of nitrogens with one attached hydrogen (secondary N) is 1. The second-order valence-electron chi connectivity index (χ2n) is 7.36. The van der Waals surface area contributed by atoms with Crippen molar-refractivity contribution in [1.82, 2.24) is 0 Å². The molecule has 4 nitrogen and oxygen atoms in total. The molecule has 1 aliphatic carbocycles. The van der Waals surface area contributed by atoms with Gasteiger partial charge in [-0.15, -0.1) is 0 Å². The fraction of sp³-hybridized carbons (Fsp3) is 0.381. The highest BCUT2D eigenvalue weighted by Crippen LogP contribution is 2.42. The third kappa shape index (κ3) is 3.50. The van der Waals surface area contributed by atoms with Gasteiger partial charge >= 0.3 is 0 Å². The Hall–Kier alpha value is -1.85. The Morgan fingerprint density at radius 3 is 2.22 bits per heavy atom. The Bertz CT molecular complexity index is 992. The quantitative estimate of drug-likeness (QED) is 0.779. The molecule has 0 bridgehead atoms. The van der Waals surface area contributed by atoms with Crippen LogP contribution in [0.1, 0.15) is 42.4 Å². The van der Waals surface area contributed by atoms with Gasteiger partial charge < -0.3 is 5.32 Å². The van der Waals surface area contributed by atoms with Crippen LogP contribution in [0.5, 0.6) is 0 Å². The van der Waals surface area contributed by atoms with Crippen molar-refractivity contribution < 1.29 is 13.2 Å². The highest BCUT2D eigenvalue weighted by molar-refractivity contribution is 7.93. The first kappa shape index (κ1) is 19.9. The van der Waals surface area contributed by atoms with Crippen molar-refractivity contribution >= 4 is 33.0 Å². The van der Waals surface area contributed by atoms with E-state index in [1.165, 1.54) is 0 Å². The molecule has 0 saturated heterocycles. The average molecular weight is 406 g/mol. The maximum absolute atomic E-state index is 13.5. The fourth-order valence-electron chi connectivity index (χ4n) is 3.67. The predicted molar refractivity (Wildman–Crippen MR) is 109 cm³/mol. The topological polar surface area (TPSA) is 63.2 Å². The second kappa shape index (κ2) is 7.28. The van der Waals surface area contributed by atoms with Gasteiger partial charge in [-0.05, 0) is 80.6 Å². The number of rotatable bonds is 4. The molecule has 1 amide bonds. The monoisotopic (exact) mass is 405 g/mol. The number of carbonyl (C=O) groups excluding carboxylic acids is 1. The van der Waals surface area contributed by atoms with Crippen molar-refractivity contribution in [1.29, 1.82) is 0 Å². The summed E-state index contributed by atoms with van der Waals surface area (Å²) in [5.74, 6) is -0.455. The molecular formula is C21H24ClNO3S. The summed E-state index contributed by atoms with van der Waals surface area (Å²) < 4.78 is 25.6. The molecule has 1 saturated carbocycles. The highest BCUT2D eigenvalue weighted by Gasteiger charge is 2.53. The van der Waals surface area contributed by atoms with E-state index >= 15 is 0 Å². The molecule has 0 radical (unpaired) electrons. The first-order chi connectivity index (χ1) is 12.7. The Balaban J connectivity index is 2.02. The molecule has 0 heterocycles. The molecule has 6 heteroatoms. The largest absolute Gasteiger partial charge is 0.324 e. The number of benzene rings is 2. The van der Waals surface area contributed by atoms with Crippen LogP contribution in [0.3, 0.4) is 0 Å². The minimum atomic E-state index is -3.82. The van der Waals surface area contributed by atoms with Crippen LogP contribution in [0.2, 0.25) is 5.02 Å². The molecular weight excluding hydrogens is 382 g/mol. The van der Waals surface area contributed by atoms with E-state index in [1.807, 2.05) is 20.8 Å². The van der Waals surface area contributed by atoms with Crippen molar-refractivity contribution in [2.75, 3.05) is 5.32 Å². The minimum Gasteiger partial charge on any atom is -0.324 e. The third-order valence-corrected chi connectivity index (χ3v) is 8.30. The van der Waals surface area contributed by atoms with Crippen molar-refractivity contribution in [2.24, 2.45) is 0 Å². The normalized spacial score (nSPS) is 16.3. The molecule has 1 fully saturated rings. The minimum absolute atomic E-state index is 0.218. The van der Waals surface area contributed by atoms with E-state index in [0.29, 0.717) is 23.6 Å². The van der Waals surface area contributed by atoms with E-state index in [0.717, 1.165) is 29.5 Å². The number of hydrogen-bond donors (Lipinski definition) is 1. The SMILES string of the molecule is Cc1ccc(S(=O)(=O)C2(C(=O)Nc3ccc(Cl)cc3C)CCCC2)cc1C. The number of aryl methyl sites for hydroxylation is 3. The van der Waals surface area contributed by atoms with Gasteiger partial charge in [0, 0.05) is 10.7 Å². The number of hydrogen-bond acceptors (Lipinski definition) is 3. The van der Waals surface area contributed by atoms with Crippen LogP contribution in [-0.2, 0) is 14.6 Å². The molecule has 0 aliphatic heterocycles. The van der Waals surface area contributed by atoms with E-state index in [1.54, 1.807) is 36.4 Å². The van der Waals surface area contributed by atoms with Crippen LogP contribution in [0.4, 0.5) is 5.69 Å². The summed E-state index contributed by atoms with van der Waals surface area (Å²) in [5.41, 5.74) is 3.31. The number of anilines is 1. The summed E-state index contributed by atoms with van der Waals surface area (Å²) in [6.07, 6.45) is 2.11. The molecule has 3 rings (SSSR count). The zero-order valence-electron chi connectivity index (χ0n) is 15.8. The number of halogens is 1. The van der Waals surface area contributed by atoms with E-state index in [2.05, 4.69) is 5.32 Å². The average Bonchev–Trinajstić information content (AvgIpc) is 3.11. The first-order valence-corrected chi connectivity index (χ1v) is 10.9. The van der Waals surface area contributed by atoms with Gasteiger partial charge in [-0.1, -0.05) is 30.5 Å². The van der Waals surface area contributed by atoms with Crippen LogP contribution in [0.15, 0.2) is 41.3 Å². The van der Waals surface area contributed by atoms with E-state index in [-0.39, 0.29) is 4.90 Å². The molecule has 0 aromatic heterocycles. The van der Waals surface area contributed by atoms with Gasteiger partial charge in [0.25, 0.3) is 0 Å². The Kier molecular flexibility index (Phi) is 5.37. The maximum atomic E-state index is 13.5. The molecule has 27 heavy (non-hydrogen) atoms. The molecule has 1 aliphatic rings. The van der Waals surface area contributed by atoms with E-state index in [9.17, 15) is 13.2 Å². The third-order valence-electron chi connectivity index (χ3n) is 5.56. The van der Waals surface area contributed by atoms with Crippen molar-refractivity contribution in [3.63, 3.8) is 0 Å². The lowest BCUT2D eigenvalue weighted by atomic mass is 10.1. The van der Waals surface area contributed by atoms with Gasteiger partial charge in [-0.3, -0.25) is 4.79 Å². The number of sulfone groups is 1. The van der Waals surface area contributed by atoms with Crippen LogP contribution in [-0.4, -0.2) is 19.1 Å². The first-order valence-electron chi connectivity index (χ1n) is 9.07.